The molecule has 0 radical (unpaired) electrons. The smallest absolute Gasteiger partial charge is 0.328 e. The highest BCUT2D eigenvalue weighted by atomic mass is 16.5. The van der Waals surface area contributed by atoms with Gasteiger partial charge in [-0.2, -0.15) is 0 Å². The Morgan fingerprint density at radius 2 is 1.91 bits per heavy atom. The summed E-state index contributed by atoms with van der Waals surface area (Å²) in [5.74, 6) is 1.21. The van der Waals surface area contributed by atoms with E-state index in [1.165, 1.54) is 6.42 Å². The van der Waals surface area contributed by atoms with Crippen molar-refractivity contribution in [2.75, 3.05) is 6.61 Å². The molecule has 0 saturated heterocycles. The van der Waals surface area contributed by atoms with Crippen LogP contribution in [0.25, 0.3) is 0 Å². The Kier molecular flexibility index (Phi) is 7.91. The number of amides is 1. The first-order valence-electron chi connectivity index (χ1n) is 8.83. The van der Waals surface area contributed by atoms with Crippen molar-refractivity contribution in [1.82, 2.24) is 5.32 Å². The van der Waals surface area contributed by atoms with Gasteiger partial charge < -0.3 is 10.1 Å². The number of rotatable bonds is 7. The van der Waals surface area contributed by atoms with Crippen molar-refractivity contribution >= 4 is 11.9 Å². The second kappa shape index (κ2) is 9.16. The molecule has 0 aliphatic heterocycles. The third-order valence-corrected chi connectivity index (χ3v) is 4.81. The summed E-state index contributed by atoms with van der Waals surface area (Å²) in [5.41, 5.74) is 0. The van der Waals surface area contributed by atoms with Gasteiger partial charge in [0.15, 0.2) is 0 Å². The zero-order valence-electron chi connectivity index (χ0n) is 14.9. The van der Waals surface area contributed by atoms with Crippen molar-refractivity contribution in [3.05, 3.63) is 0 Å². The molecule has 0 spiro atoms. The molecule has 0 aromatic carbocycles. The predicted molar refractivity (Wildman–Crippen MR) is 88.3 cm³/mol. The van der Waals surface area contributed by atoms with E-state index in [2.05, 4.69) is 33.0 Å². The van der Waals surface area contributed by atoms with Crippen LogP contribution < -0.4 is 5.32 Å². The van der Waals surface area contributed by atoms with Gasteiger partial charge in [0, 0.05) is 5.92 Å². The number of carbonyl (C=O) groups is 2. The summed E-state index contributed by atoms with van der Waals surface area (Å²) in [6, 6.07) is -0.561. The van der Waals surface area contributed by atoms with Gasteiger partial charge in [-0.1, -0.05) is 40.5 Å². The zero-order valence-corrected chi connectivity index (χ0v) is 14.9. The Morgan fingerprint density at radius 1 is 1.23 bits per heavy atom. The van der Waals surface area contributed by atoms with Crippen molar-refractivity contribution < 1.29 is 14.3 Å². The number of nitrogens with one attached hydrogen (secondary N) is 1. The lowest BCUT2D eigenvalue weighted by Gasteiger charge is -2.36. The number of esters is 1. The van der Waals surface area contributed by atoms with E-state index in [9.17, 15) is 9.59 Å². The molecule has 128 valence electrons. The van der Waals surface area contributed by atoms with E-state index < -0.39 is 6.04 Å². The van der Waals surface area contributed by atoms with Gasteiger partial charge in [-0.3, -0.25) is 4.79 Å². The van der Waals surface area contributed by atoms with E-state index >= 15 is 0 Å². The first-order valence-corrected chi connectivity index (χ1v) is 8.83. The van der Waals surface area contributed by atoms with Crippen LogP contribution in [0.3, 0.4) is 0 Å². The highest BCUT2D eigenvalue weighted by molar-refractivity contribution is 5.85. The highest BCUT2D eigenvalue weighted by Gasteiger charge is 2.36. The third-order valence-electron chi connectivity index (χ3n) is 4.81. The Hall–Kier alpha value is -1.06. The van der Waals surface area contributed by atoms with Gasteiger partial charge in [-0.15, -0.1) is 0 Å². The van der Waals surface area contributed by atoms with Gasteiger partial charge in [0.1, 0.15) is 6.04 Å². The molecule has 0 heterocycles. The largest absolute Gasteiger partial charge is 0.464 e. The molecule has 4 heteroatoms. The normalized spacial score (nSPS) is 26.5. The molecule has 1 saturated carbocycles. The molecule has 0 bridgehead atoms. The van der Waals surface area contributed by atoms with Crippen molar-refractivity contribution in [3.63, 3.8) is 0 Å². The Bertz CT molecular complexity index is 367. The maximum absolute atomic E-state index is 12.6. The lowest BCUT2D eigenvalue weighted by molar-refractivity contribution is -0.148. The van der Waals surface area contributed by atoms with Crippen LogP contribution in [-0.2, 0) is 14.3 Å². The molecule has 4 atom stereocenters. The van der Waals surface area contributed by atoms with Crippen LogP contribution in [0.1, 0.15) is 66.7 Å². The molecule has 1 N–H and O–H groups in total. The van der Waals surface area contributed by atoms with Crippen molar-refractivity contribution in [2.24, 2.45) is 23.7 Å². The summed E-state index contributed by atoms with van der Waals surface area (Å²) in [7, 11) is 0. The molecule has 1 amide bonds. The second-order valence-corrected chi connectivity index (χ2v) is 7.18. The fourth-order valence-electron chi connectivity index (χ4n) is 3.33. The van der Waals surface area contributed by atoms with Crippen LogP contribution >= 0.6 is 0 Å². The minimum Gasteiger partial charge on any atom is -0.464 e. The van der Waals surface area contributed by atoms with E-state index in [0.29, 0.717) is 24.4 Å². The molecule has 4 nitrogen and oxygen atoms in total. The minimum atomic E-state index is -0.561. The molecule has 4 unspecified atom stereocenters. The summed E-state index contributed by atoms with van der Waals surface area (Å²) < 4.78 is 5.17. The van der Waals surface area contributed by atoms with Gasteiger partial charge >= 0.3 is 5.97 Å². The summed E-state index contributed by atoms with van der Waals surface area (Å²) in [5, 5.41) is 2.87. The fourth-order valence-corrected chi connectivity index (χ4v) is 3.33. The van der Waals surface area contributed by atoms with Crippen LogP contribution in [0, 0.1) is 23.7 Å². The maximum atomic E-state index is 12.6. The zero-order chi connectivity index (χ0) is 16.7. The lowest BCUT2D eigenvalue weighted by Crippen LogP contribution is -2.46. The SMILES string of the molecule is CCCCOC(=O)C(C)NC(=O)C1CC(C)CCC1C(C)C. The van der Waals surface area contributed by atoms with E-state index in [-0.39, 0.29) is 17.8 Å². The number of hydrogen-bond acceptors (Lipinski definition) is 3. The van der Waals surface area contributed by atoms with Gasteiger partial charge in [-0.05, 0) is 43.9 Å². The molecule has 22 heavy (non-hydrogen) atoms. The van der Waals surface area contributed by atoms with Crippen LogP contribution in [0.2, 0.25) is 0 Å². The summed E-state index contributed by atoms with van der Waals surface area (Å²) in [6.45, 7) is 10.8. The molecule has 1 aliphatic rings. The fraction of sp³-hybridized carbons (Fsp3) is 0.889. The van der Waals surface area contributed by atoms with Crippen molar-refractivity contribution in [2.45, 2.75) is 72.8 Å². The Morgan fingerprint density at radius 3 is 2.50 bits per heavy atom. The average molecular weight is 311 g/mol. The summed E-state index contributed by atoms with van der Waals surface area (Å²) >= 11 is 0. The van der Waals surface area contributed by atoms with Crippen LogP contribution in [0.5, 0.6) is 0 Å². The van der Waals surface area contributed by atoms with Gasteiger partial charge in [-0.25, -0.2) is 4.79 Å². The van der Waals surface area contributed by atoms with E-state index in [1.807, 2.05) is 0 Å². The molecular formula is C18H33NO3. The maximum Gasteiger partial charge on any atom is 0.328 e. The summed E-state index contributed by atoms with van der Waals surface area (Å²) in [4.78, 5) is 24.5. The Balaban J connectivity index is 2.55. The van der Waals surface area contributed by atoms with Crippen LogP contribution in [-0.4, -0.2) is 24.5 Å². The quantitative estimate of drug-likeness (QED) is 0.578. The minimum absolute atomic E-state index is 0.0187. The Labute approximate surface area is 135 Å². The molecule has 0 aromatic rings. The lowest BCUT2D eigenvalue weighted by atomic mass is 9.69. The topological polar surface area (TPSA) is 55.4 Å². The first kappa shape index (κ1) is 19.0. The van der Waals surface area contributed by atoms with Crippen LogP contribution in [0.15, 0.2) is 0 Å². The van der Waals surface area contributed by atoms with Crippen LogP contribution in [0.4, 0.5) is 0 Å². The van der Waals surface area contributed by atoms with Crippen molar-refractivity contribution in [1.29, 1.82) is 0 Å². The molecule has 0 aromatic heterocycles. The average Bonchev–Trinajstić information content (AvgIpc) is 2.46. The van der Waals surface area contributed by atoms with E-state index in [0.717, 1.165) is 25.7 Å². The highest BCUT2D eigenvalue weighted by Crippen LogP contribution is 2.38. The van der Waals surface area contributed by atoms with Gasteiger partial charge in [0.05, 0.1) is 6.61 Å². The number of hydrogen-bond donors (Lipinski definition) is 1. The second-order valence-electron chi connectivity index (χ2n) is 7.18. The first-order chi connectivity index (χ1) is 10.4. The van der Waals surface area contributed by atoms with Gasteiger partial charge in [0.2, 0.25) is 5.91 Å². The standard InChI is InChI=1S/C18H33NO3/c1-6-7-10-22-18(21)14(5)19-17(20)16-11-13(4)8-9-15(16)12(2)3/h12-16H,6-11H2,1-5H3,(H,19,20). The number of ether oxygens (including phenoxy) is 1. The van der Waals surface area contributed by atoms with E-state index in [4.69, 9.17) is 4.74 Å². The molecule has 1 fully saturated rings. The predicted octanol–water partition coefficient (Wildman–Crippen LogP) is 3.54. The van der Waals surface area contributed by atoms with Crippen molar-refractivity contribution in [3.8, 4) is 0 Å². The third kappa shape index (κ3) is 5.62. The van der Waals surface area contributed by atoms with Gasteiger partial charge in [0.25, 0.3) is 0 Å². The van der Waals surface area contributed by atoms with E-state index in [1.54, 1.807) is 6.92 Å². The molecular weight excluding hydrogens is 278 g/mol. The molecule has 1 aliphatic carbocycles. The number of carbonyl (C=O) groups excluding carboxylic acids is 2. The summed E-state index contributed by atoms with van der Waals surface area (Å²) in [6.07, 6.45) is 5.08. The molecule has 1 rings (SSSR count). The monoisotopic (exact) mass is 311 g/mol. The number of unbranched alkanes of at least 4 members (excludes halogenated alkanes) is 1.